The molecule has 1 aromatic heterocycles. The zero-order valence-corrected chi connectivity index (χ0v) is 19.2. The average molecular weight is 443 g/mol. The number of anilines is 1. The van der Waals surface area contributed by atoms with Crippen molar-refractivity contribution in [3.05, 3.63) is 58.7 Å². The SMILES string of the molecule is CCCC(C)NC(=O)c1ccc(N2CCN(C(=O)C(C)c3ccc(Cl)cc3)CC2)nc1. The second kappa shape index (κ2) is 10.6. The molecule has 2 amide bonds. The van der Waals surface area contributed by atoms with E-state index in [-0.39, 0.29) is 23.8 Å². The van der Waals surface area contributed by atoms with Gasteiger partial charge in [-0.25, -0.2) is 4.98 Å². The fourth-order valence-electron chi connectivity index (χ4n) is 3.84. The zero-order valence-electron chi connectivity index (χ0n) is 18.5. The van der Waals surface area contributed by atoms with Gasteiger partial charge in [0, 0.05) is 43.4 Å². The van der Waals surface area contributed by atoms with Crippen LogP contribution in [0.4, 0.5) is 5.82 Å². The Morgan fingerprint density at radius 3 is 2.32 bits per heavy atom. The van der Waals surface area contributed by atoms with E-state index in [1.54, 1.807) is 6.20 Å². The number of rotatable bonds is 7. The van der Waals surface area contributed by atoms with Crippen molar-refractivity contribution in [2.24, 2.45) is 0 Å². The Kier molecular flexibility index (Phi) is 7.91. The molecule has 1 N–H and O–H groups in total. The number of halogens is 1. The van der Waals surface area contributed by atoms with E-state index in [4.69, 9.17) is 11.6 Å². The summed E-state index contributed by atoms with van der Waals surface area (Å²) in [5.41, 5.74) is 1.54. The highest BCUT2D eigenvalue weighted by Crippen LogP contribution is 2.22. The summed E-state index contributed by atoms with van der Waals surface area (Å²) in [4.78, 5) is 33.8. The topological polar surface area (TPSA) is 65.5 Å². The van der Waals surface area contributed by atoms with Crippen molar-refractivity contribution < 1.29 is 9.59 Å². The van der Waals surface area contributed by atoms with Gasteiger partial charge in [-0.15, -0.1) is 0 Å². The van der Waals surface area contributed by atoms with E-state index in [9.17, 15) is 9.59 Å². The van der Waals surface area contributed by atoms with Gasteiger partial charge in [0.1, 0.15) is 5.82 Å². The molecule has 0 spiro atoms. The van der Waals surface area contributed by atoms with E-state index in [1.165, 1.54) is 0 Å². The van der Waals surface area contributed by atoms with Crippen molar-refractivity contribution in [3.8, 4) is 0 Å². The van der Waals surface area contributed by atoms with Crippen LogP contribution in [0.15, 0.2) is 42.6 Å². The molecule has 0 saturated carbocycles. The summed E-state index contributed by atoms with van der Waals surface area (Å²) in [6, 6.07) is 11.3. The Morgan fingerprint density at radius 1 is 1.06 bits per heavy atom. The van der Waals surface area contributed by atoms with Crippen LogP contribution in [0.3, 0.4) is 0 Å². The van der Waals surface area contributed by atoms with Gasteiger partial charge in [-0.05, 0) is 50.1 Å². The van der Waals surface area contributed by atoms with Crippen LogP contribution in [-0.4, -0.2) is 53.9 Å². The second-order valence-electron chi connectivity index (χ2n) is 8.15. The number of carbonyl (C=O) groups is 2. The van der Waals surface area contributed by atoms with Crippen LogP contribution in [0.1, 0.15) is 55.5 Å². The van der Waals surface area contributed by atoms with E-state index in [0.29, 0.717) is 36.8 Å². The van der Waals surface area contributed by atoms with Crippen molar-refractivity contribution in [2.45, 2.75) is 45.6 Å². The lowest BCUT2D eigenvalue weighted by molar-refractivity contribution is -0.132. The van der Waals surface area contributed by atoms with E-state index in [0.717, 1.165) is 24.2 Å². The Morgan fingerprint density at radius 2 is 1.74 bits per heavy atom. The quantitative estimate of drug-likeness (QED) is 0.700. The molecule has 0 radical (unpaired) electrons. The van der Waals surface area contributed by atoms with Gasteiger partial charge in [0.25, 0.3) is 5.91 Å². The van der Waals surface area contributed by atoms with Gasteiger partial charge < -0.3 is 15.1 Å². The number of hydrogen-bond acceptors (Lipinski definition) is 4. The van der Waals surface area contributed by atoms with E-state index in [1.807, 2.05) is 55.1 Å². The Hall–Kier alpha value is -2.60. The normalized spacial score (nSPS) is 16.0. The first-order valence-corrected chi connectivity index (χ1v) is 11.3. The molecule has 2 heterocycles. The number of aromatic nitrogens is 1. The van der Waals surface area contributed by atoms with Crippen LogP contribution in [0.25, 0.3) is 0 Å². The minimum Gasteiger partial charge on any atom is -0.353 e. The fourth-order valence-corrected chi connectivity index (χ4v) is 3.97. The molecule has 2 unspecified atom stereocenters. The Labute approximate surface area is 189 Å². The molecule has 1 fully saturated rings. The second-order valence-corrected chi connectivity index (χ2v) is 8.59. The van der Waals surface area contributed by atoms with Crippen LogP contribution >= 0.6 is 11.6 Å². The first kappa shape index (κ1) is 23.1. The number of carbonyl (C=O) groups excluding carboxylic acids is 2. The Bertz CT molecular complexity index is 877. The van der Waals surface area contributed by atoms with Crippen LogP contribution in [0, 0.1) is 0 Å². The van der Waals surface area contributed by atoms with Crippen molar-refractivity contribution in [1.29, 1.82) is 0 Å². The monoisotopic (exact) mass is 442 g/mol. The zero-order chi connectivity index (χ0) is 22.4. The number of piperazine rings is 1. The van der Waals surface area contributed by atoms with E-state index >= 15 is 0 Å². The van der Waals surface area contributed by atoms with Gasteiger partial charge in [0.15, 0.2) is 0 Å². The molecule has 31 heavy (non-hydrogen) atoms. The van der Waals surface area contributed by atoms with Crippen LogP contribution in [0.2, 0.25) is 5.02 Å². The Balaban J connectivity index is 1.53. The summed E-state index contributed by atoms with van der Waals surface area (Å²) in [7, 11) is 0. The maximum Gasteiger partial charge on any atom is 0.253 e. The van der Waals surface area contributed by atoms with Crippen LogP contribution in [0.5, 0.6) is 0 Å². The molecule has 1 aromatic carbocycles. The molecule has 2 aromatic rings. The van der Waals surface area contributed by atoms with Gasteiger partial charge in [0.05, 0.1) is 11.5 Å². The predicted octanol–water partition coefficient (Wildman–Crippen LogP) is 4.11. The molecule has 6 nitrogen and oxygen atoms in total. The molecule has 1 aliphatic heterocycles. The molecule has 0 bridgehead atoms. The number of pyridine rings is 1. The van der Waals surface area contributed by atoms with Crippen LogP contribution in [-0.2, 0) is 4.79 Å². The standard InChI is InChI=1S/C24H31ClN4O2/c1-4-5-17(2)27-23(30)20-8-11-22(26-16-20)28-12-14-29(15-13-28)24(31)18(3)19-6-9-21(25)10-7-19/h6-11,16-18H,4-5,12-15H2,1-3H3,(H,27,30). The van der Waals surface area contributed by atoms with Crippen molar-refractivity contribution in [2.75, 3.05) is 31.1 Å². The van der Waals surface area contributed by atoms with Gasteiger partial charge in [-0.3, -0.25) is 9.59 Å². The molecular formula is C24H31ClN4O2. The molecule has 3 rings (SSSR count). The summed E-state index contributed by atoms with van der Waals surface area (Å²) >= 11 is 5.95. The first-order valence-electron chi connectivity index (χ1n) is 10.9. The molecule has 1 saturated heterocycles. The summed E-state index contributed by atoms with van der Waals surface area (Å²) in [6.07, 6.45) is 3.62. The van der Waals surface area contributed by atoms with Gasteiger partial charge in [-0.2, -0.15) is 0 Å². The number of benzene rings is 1. The van der Waals surface area contributed by atoms with Crippen molar-refractivity contribution >= 4 is 29.2 Å². The largest absolute Gasteiger partial charge is 0.353 e. The summed E-state index contributed by atoms with van der Waals surface area (Å²) in [6.45, 7) is 8.77. The van der Waals surface area contributed by atoms with E-state index in [2.05, 4.69) is 22.1 Å². The third kappa shape index (κ3) is 5.97. The molecule has 7 heteroatoms. The number of nitrogens with zero attached hydrogens (tertiary/aromatic N) is 3. The molecule has 0 aliphatic carbocycles. The smallest absolute Gasteiger partial charge is 0.253 e. The van der Waals surface area contributed by atoms with E-state index < -0.39 is 0 Å². The van der Waals surface area contributed by atoms with Gasteiger partial charge in [0.2, 0.25) is 5.91 Å². The molecule has 1 aliphatic rings. The third-order valence-electron chi connectivity index (χ3n) is 5.77. The number of amides is 2. The number of hydrogen-bond donors (Lipinski definition) is 1. The predicted molar refractivity (Wildman–Crippen MR) is 125 cm³/mol. The fraction of sp³-hybridized carbons (Fsp3) is 0.458. The van der Waals surface area contributed by atoms with Gasteiger partial charge in [-0.1, -0.05) is 37.1 Å². The summed E-state index contributed by atoms with van der Waals surface area (Å²) in [5.74, 6) is 0.667. The lowest BCUT2D eigenvalue weighted by atomic mass is 9.99. The van der Waals surface area contributed by atoms with Crippen molar-refractivity contribution in [1.82, 2.24) is 15.2 Å². The molecular weight excluding hydrogens is 412 g/mol. The third-order valence-corrected chi connectivity index (χ3v) is 6.02. The highest BCUT2D eigenvalue weighted by atomic mass is 35.5. The average Bonchev–Trinajstić information content (AvgIpc) is 2.79. The molecule has 2 atom stereocenters. The lowest BCUT2D eigenvalue weighted by Crippen LogP contribution is -2.50. The first-order chi connectivity index (χ1) is 14.9. The van der Waals surface area contributed by atoms with Gasteiger partial charge >= 0.3 is 0 Å². The number of nitrogens with one attached hydrogen (secondary N) is 1. The maximum absolute atomic E-state index is 12.9. The summed E-state index contributed by atoms with van der Waals surface area (Å²) in [5, 5.41) is 3.67. The maximum atomic E-state index is 12.9. The highest BCUT2D eigenvalue weighted by molar-refractivity contribution is 6.30. The van der Waals surface area contributed by atoms with Crippen molar-refractivity contribution in [3.63, 3.8) is 0 Å². The molecule has 166 valence electrons. The highest BCUT2D eigenvalue weighted by Gasteiger charge is 2.26. The minimum atomic E-state index is -0.199. The van der Waals surface area contributed by atoms with Crippen LogP contribution < -0.4 is 10.2 Å². The lowest BCUT2D eigenvalue weighted by Gasteiger charge is -2.36. The minimum absolute atomic E-state index is 0.0911. The summed E-state index contributed by atoms with van der Waals surface area (Å²) < 4.78 is 0.